The Bertz CT molecular complexity index is 213. The highest BCUT2D eigenvalue weighted by atomic mass is 16.5. The van der Waals surface area contributed by atoms with Crippen LogP contribution in [-0.4, -0.2) is 75.4 Å². The van der Waals surface area contributed by atoms with Gasteiger partial charge in [0.1, 0.15) is 0 Å². The summed E-state index contributed by atoms with van der Waals surface area (Å²) in [4.78, 5) is 5.02. The Balaban J connectivity index is 1.45. The van der Waals surface area contributed by atoms with Gasteiger partial charge in [-0.3, -0.25) is 4.90 Å². The van der Waals surface area contributed by atoms with Gasteiger partial charge >= 0.3 is 0 Å². The third-order valence-corrected chi connectivity index (χ3v) is 4.30. The highest BCUT2D eigenvalue weighted by Crippen LogP contribution is 2.21. The number of likely N-dealkylation sites (N-methyl/N-ethyl adjacent to an activating group) is 1. The van der Waals surface area contributed by atoms with Crippen molar-refractivity contribution in [1.29, 1.82) is 0 Å². The molecule has 0 atom stereocenters. The van der Waals surface area contributed by atoms with Crippen molar-refractivity contribution in [3.8, 4) is 0 Å². The molecule has 106 valence electrons. The Morgan fingerprint density at radius 1 is 1.17 bits per heavy atom. The first kappa shape index (κ1) is 14.3. The molecule has 2 fully saturated rings. The minimum atomic E-state index is 0.853. The molecule has 1 heterocycles. The van der Waals surface area contributed by atoms with Crippen LogP contribution >= 0.6 is 0 Å². The summed E-state index contributed by atoms with van der Waals surface area (Å²) in [5, 5.41) is 3.56. The highest BCUT2D eigenvalue weighted by molar-refractivity contribution is 4.75. The average molecular weight is 255 g/mol. The van der Waals surface area contributed by atoms with E-state index in [1.165, 1.54) is 32.2 Å². The third kappa shape index (κ3) is 4.84. The van der Waals surface area contributed by atoms with Crippen LogP contribution in [0.4, 0.5) is 0 Å². The molecule has 0 amide bonds. The molecule has 18 heavy (non-hydrogen) atoms. The summed E-state index contributed by atoms with van der Waals surface area (Å²) < 4.78 is 5.35. The van der Waals surface area contributed by atoms with Gasteiger partial charge in [-0.1, -0.05) is 12.8 Å². The van der Waals surface area contributed by atoms with Gasteiger partial charge in [0.25, 0.3) is 0 Å². The van der Waals surface area contributed by atoms with Gasteiger partial charge in [0.2, 0.25) is 0 Å². The number of rotatable bonds is 7. The molecule has 0 radical (unpaired) electrons. The van der Waals surface area contributed by atoms with E-state index in [0.717, 1.165) is 52.0 Å². The monoisotopic (exact) mass is 255 g/mol. The molecule has 1 N–H and O–H groups in total. The van der Waals surface area contributed by atoms with Gasteiger partial charge in [-0.05, 0) is 19.9 Å². The van der Waals surface area contributed by atoms with Crippen LogP contribution in [0.1, 0.15) is 25.7 Å². The maximum atomic E-state index is 5.35. The van der Waals surface area contributed by atoms with Crippen LogP contribution in [-0.2, 0) is 4.74 Å². The normalized spacial score (nSPS) is 23.0. The zero-order valence-corrected chi connectivity index (χ0v) is 11.9. The standard InChI is InChI=1S/C14H29N3O/c1-16(14-4-2-3-5-14)8-6-15-7-9-17-10-12-18-13-11-17/h14-15H,2-13H2,1H3. The minimum Gasteiger partial charge on any atom is -0.379 e. The third-order valence-electron chi connectivity index (χ3n) is 4.30. The molecule has 4 nitrogen and oxygen atoms in total. The van der Waals surface area contributed by atoms with E-state index in [9.17, 15) is 0 Å². The van der Waals surface area contributed by atoms with Gasteiger partial charge in [0.15, 0.2) is 0 Å². The number of nitrogens with one attached hydrogen (secondary N) is 1. The van der Waals surface area contributed by atoms with Gasteiger partial charge in [-0.2, -0.15) is 0 Å². The first-order valence-electron chi connectivity index (χ1n) is 7.57. The Hall–Kier alpha value is -0.160. The largest absolute Gasteiger partial charge is 0.379 e. The van der Waals surface area contributed by atoms with Gasteiger partial charge in [0.05, 0.1) is 13.2 Å². The topological polar surface area (TPSA) is 27.7 Å². The Morgan fingerprint density at radius 3 is 2.61 bits per heavy atom. The van der Waals surface area contributed by atoms with E-state index < -0.39 is 0 Å². The van der Waals surface area contributed by atoms with E-state index in [1.807, 2.05) is 0 Å². The van der Waals surface area contributed by atoms with Crippen LogP contribution < -0.4 is 5.32 Å². The maximum Gasteiger partial charge on any atom is 0.0594 e. The zero-order chi connectivity index (χ0) is 12.6. The van der Waals surface area contributed by atoms with Crippen LogP contribution in [0, 0.1) is 0 Å². The minimum absolute atomic E-state index is 0.853. The maximum absolute atomic E-state index is 5.35. The summed E-state index contributed by atoms with van der Waals surface area (Å²) in [7, 11) is 2.28. The fourth-order valence-corrected chi connectivity index (χ4v) is 2.97. The van der Waals surface area contributed by atoms with Crippen molar-refractivity contribution in [2.75, 3.05) is 59.5 Å². The van der Waals surface area contributed by atoms with E-state index in [0.29, 0.717) is 0 Å². The molecule has 2 rings (SSSR count). The second-order valence-electron chi connectivity index (χ2n) is 5.62. The van der Waals surface area contributed by atoms with Gasteiger partial charge in [-0.25, -0.2) is 0 Å². The zero-order valence-electron chi connectivity index (χ0n) is 11.9. The smallest absolute Gasteiger partial charge is 0.0594 e. The fraction of sp³-hybridized carbons (Fsp3) is 1.00. The summed E-state index contributed by atoms with van der Waals surface area (Å²) in [6.45, 7) is 8.60. The van der Waals surface area contributed by atoms with Crippen LogP contribution in [0.5, 0.6) is 0 Å². The van der Waals surface area contributed by atoms with Crippen molar-refractivity contribution in [2.45, 2.75) is 31.7 Å². The van der Waals surface area contributed by atoms with E-state index in [2.05, 4.69) is 22.2 Å². The summed E-state index contributed by atoms with van der Waals surface area (Å²) in [5.41, 5.74) is 0. The second kappa shape index (κ2) is 8.10. The number of hydrogen-bond donors (Lipinski definition) is 1. The summed E-state index contributed by atoms with van der Waals surface area (Å²) in [6, 6.07) is 0.853. The predicted molar refractivity (Wildman–Crippen MR) is 75.0 cm³/mol. The molecular weight excluding hydrogens is 226 g/mol. The van der Waals surface area contributed by atoms with E-state index in [1.54, 1.807) is 0 Å². The summed E-state index contributed by atoms with van der Waals surface area (Å²) in [6.07, 6.45) is 5.67. The highest BCUT2D eigenvalue weighted by Gasteiger charge is 2.18. The van der Waals surface area contributed by atoms with Gasteiger partial charge in [-0.15, -0.1) is 0 Å². The summed E-state index contributed by atoms with van der Waals surface area (Å²) in [5.74, 6) is 0. The summed E-state index contributed by atoms with van der Waals surface area (Å²) >= 11 is 0. The van der Waals surface area contributed by atoms with Crippen LogP contribution in [0.25, 0.3) is 0 Å². The van der Waals surface area contributed by atoms with E-state index in [-0.39, 0.29) is 0 Å². The molecule has 2 aliphatic rings. The van der Waals surface area contributed by atoms with E-state index in [4.69, 9.17) is 4.74 Å². The molecular formula is C14H29N3O. The van der Waals surface area contributed by atoms with Crippen LogP contribution in [0.15, 0.2) is 0 Å². The molecule has 4 heteroatoms. The average Bonchev–Trinajstić information content (AvgIpc) is 2.93. The SMILES string of the molecule is CN(CCNCCN1CCOCC1)C1CCCC1. The van der Waals surface area contributed by atoms with Gasteiger partial charge < -0.3 is 15.0 Å². The molecule has 0 bridgehead atoms. The molecule has 0 aromatic heterocycles. The van der Waals surface area contributed by atoms with Gasteiger partial charge in [0, 0.05) is 45.3 Å². The van der Waals surface area contributed by atoms with Crippen molar-refractivity contribution in [3.63, 3.8) is 0 Å². The van der Waals surface area contributed by atoms with Crippen molar-refractivity contribution in [3.05, 3.63) is 0 Å². The van der Waals surface area contributed by atoms with E-state index >= 15 is 0 Å². The van der Waals surface area contributed by atoms with Crippen LogP contribution in [0.3, 0.4) is 0 Å². The quantitative estimate of drug-likeness (QED) is 0.681. The number of hydrogen-bond acceptors (Lipinski definition) is 4. The number of nitrogens with zero attached hydrogens (tertiary/aromatic N) is 2. The lowest BCUT2D eigenvalue weighted by Gasteiger charge is -2.27. The first-order valence-corrected chi connectivity index (χ1v) is 7.57. The lowest BCUT2D eigenvalue weighted by Crippen LogP contribution is -2.42. The molecule has 0 unspecified atom stereocenters. The number of ether oxygens (including phenoxy) is 1. The van der Waals surface area contributed by atoms with Crippen molar-refractivity contribution >= 4 is 0 Å². The molecule has 0 spiro atoms. The Kier molecular flexibility index (Phi) is 6.41. The lowest BCUT2D eigenvalue weighted by molar-refractivity contribution is 0.0384. The predicted octanol–water partition coefficient (Wildman–Crippen LogP) is 0.783. The first-order chi connectivity index (χ1) is 8.86. The molecule has 1 aliphatic carbocycles. The van der Waals surface area contributed by atoms with Crippen molar-refractivity contribution in [1.82, 2.24) is 15.1 Å². The van der Waals surface area contributed by atoms with Crippen molar-refractivity contribution < 1.29 is 4.74 Å². The molecule has 1 aliphatic heterocycles. The van der Waals surface area contributed by atoms with Crippen LogP contribution in [0.2, 0.25) is 0 Å². The molecule has 1 saturated carbocycles. The second-order valence-corrected chi connectivity index (χ2v) is 5.62. The Labute approximate surface area is 112 Å². The molecule has 0 aromatic carbocycles. The molecule has 1 saturated heterocycles. The Morgan fingerprint density at radius 2 is 1.89 bits per heavy atom. The molecule has 0 aromatic rings. The number of morpholine rings is 1. The van der Waals surface area contributed by atoms with Crippen molar-refractivity contribution in [2.24, 2.45) is 0 Å². The fourth-order valence-electron chi connectivity index (χ4n) is 2.97. The lowest BCUT2D eigenvalue weighted by atomic mass is 10.2.